The second-order valence-electron chi connectivity index (χ2n) is 5.05. The summed E-state index contributed by atoms with van der Waals surface area (Å²) >= 11 is 0. The molecule has 5 heteroatoms. The first-order chi connectivity index (χ1) is 9.66. The molecule has 0 spiro atoms. The van der Waals surface area contributed by atoms with Crippen LogP contribution in [0.15, 0.2) is 24.3 Å². The van der Waals surface area contributed by atoms with Crippen molar-refractivity contribution in [2.24, 2.45) is 0 Å². The van der Waals surface area contributed by atoms with Crippen LogP contribution in [-0.4, -0.2) is 43.1 Å². The molecule has 2 rings (SSSR count). The lowest BCUT2D eigenvalue weighted by Crippen LogP contribution is -2.52. The normalized spacial score (nSPS) is 18.9. The lowest BCUT2D eigenvalue weighted by Gasteiger charge is -2.34. The first-order valence-corrected chi connectivity index (χ1v) is 7.05. The summed E-state index contributed by atoms with van der Waals surface area (Å²) in [6, 6.07) is 6.17. The van der Waals surface area contributed by atoms with Crippen LogP contribution in [0.4, 0.5) is 4.39 Å². The lowest BCUT2D eigenvalue weighted by atomic mass is 10.2. The van der Waals surface area contributed by atoms with Gasteiger partial charge in [0.15, 0.2) is 0 Å². The molecule has 0 aliphatic carbocycles. The number of halogens is 1. The molecular weight excluding hydrogens is 259 g/mol. The van der Waals surface area contributed by atoms with Crippen molar-refractivity contribution in [2.45, 2.75) is 25.8 Å². The van der Waals surface area contributed by atoms with E-state index in [1.807, 2.05) is 4.90 Å². The molecule has 0 bridgehead atoms. The number of nitrogens with zero attached hydrogens (tertiary/aromatic N) is 1. The predicted octanol–water partition coefficient (Wildman–Crippen LogP) is 1.80. The van der Waals surface area contributed by atoms with Crippen LogP contribution in [0.1, 0.15) is 19.8 Å². The number of benzene rings is 1. The topological polar surface area (TPSA) is 41.6 Å². The van der Waals surface area contributed by atoms with Crippen LogP contribution in [0.5, 0.6) is 5.75 Å². The van der Waals surface area contributed by atoms with Gasteiger partial charge in [0, 0.05) is 32.1 Å². The first-order valence-electron chi connectivity index (χ1n) is 7.05. The Labute approximate surface area is 118 Å². The summed E-state index contributed by atoms with van der Waals surface area (Å²) in [7, 11) is 0. The molecule has 1 aliphatic heterocycles. The molecule has 1 atom stereocenters. The van der Waals surface area contributed by atoms with Crippen LogP contribution in [-0.2, 0) is 4.79 Å². The molecule has 1 N–H and O–H groups in total. The maximum atomic E-state index is 12.7. The van der Waals surface area contributed by atoms with Gasteiger partial charge in [-0.05, 0) is 37.6 Å². The van der Waals surface area contributed by atoms with E-state index >= 15 is 0 Å². The van der Waals surface area contributed by atoms with Crippen LogP contribution in [0.2, 0.25) is 0 Å². The van der Waals surface area contributed by atoms with E-state index in [0.717, 1.165) is 19.6 Å². The Hall–Kier alpha value is -1.62. The van der Waals surface area contributed by atoms with Gasteiger partial charge >= 0.3 is 0 Å². The zero-order valence-electron chi connectivity index (χ0n) is 11.8. The van der Waals surface area contributed by atoms with Gasteiger partial charge < -0.3 is 15.0 Å². The zero-order valence-corrected chi connectivity index (χ0v) is 11.8. The number of carbonyl (C=O) groups is 1. The van der Waals surface area contributed by atoms with Crippen LogP contribution in [0.25, 0.3) is 0 Å². The Kier molecular flexibility index (Phi) is 5.35. The number of hydrogen-bond donors (Lipinski definition) is 1. The fraction of sp³-hybridized carbons (Fsp3) is 0.533. The van der Waals surface area contributed by atoms with E-state index in [-0.39, 0.29) is 17.8 Å². The third kappa shape index (κ3) is 4.20. The average molecular weight is 280 g/mol. The third-order valence-corrected chi connectivity index (χ3v) is 3.44. The first kappa shape index (κ1) is 14.8. The molecule has 1 heterocycles. The molecule has 4 nitrogen and oxygen atoms in total. The summed E-state index contributed by atoms with van der Waals surface area (Å²) < 4.78 is 18.2. The summed E-state index contributed by atoms with van der Waals surface area (Å²) in [6.07, 6.45) is 1.17. The van der Waals surface area contributed by atoms with E-state index in [2.05, 4.69) is 12.2 Å². The third-order valence-electron chi connectivity index (χ3n) is 3.44. The summed E-state index contributed by atoms with van der Waals surface area (Å²) in [5.74, 6) is 0.538. The number of carbonyl (C=O) groups excluding carboxylic acids is 1. The monoisotopic (exact) mass is 280 g/mol. The highest BCUT2D eigenvalue weighted by Gasteiger charge is 2.22. The Balaban J connectivity index is 1.67. The quantitative estimate of drug-likeness (QED) is 0.836. The van der Waals surface area contributed by atoms with E-state index in [0.29, 0.717) is 25.2 Å². The molecule has 1 saturated heterocycles. The van der Waals surface area contributed by atoms with Crippen molar-refractivity contribution in [2.75, 3.05) is 26.2 Å². The second kappa shape index (κ2) is 7.24. The zero-order chi connectivity index (χ0) is 14.4. The van der Waals surface area contributed by atoms with Gasteiger partial charge in [-0.2, -0.15) is 0 Å². The average Bonchev–Trinajstić information content (AvgIpc) is 2.46. The number of amides is 1. The van der Waals surface area contributed by atoms with Gasteiger partial charge in [0.05, 0.1) is 6.61 Å². The fourth-order valence-corrected chi connectivity index (χ4v) is 2.30. The standard InChI is InChI=1S/C15H21FN2O2/c1-12-11-17-8-9-18(12)15(19)3-2-10-20-14-6-4-13(16)5-7-14/h4-7,12,17H,2-3,8-11H2,1H3. The molecule has 1 aromatic rings. The molecule has 0 aromatic heterocycles. The highest BCUT2D eigenvalue weighted by atomic mass is 19.1. The summed E-state index contributed by atoms with van der Waals surface area (Å²) in [4.78, 5) is 14.0. The lowest BCUT2D eigenvalue weighted by molar-refractivity contribution is -0.134. The molecule has 1 aromatic carbocycles. The van der Waals surface area contributed by atoms with Crippen LogP contribution in [0, 0.1) is 5.82 Å². The highest BCUT2D eigenvalue weighted by Crippen LogP contribution is 2.12. The number of ether oxygens (including phenoxy) is 1. The Morgan fingerprint density at radius 3 is 2.90 bits per heavy atom. The molecule has 0 radical (unpaired) electrons. The van der Waals surface area contributed by atoms with Crippen molar-refractivity contribution in [3.05, 3.63) is 30.1 Å². The van der Waals surface area contributed by atoms with E-state index in [1.165, 1.54) is 12.1 Å². The van der Waals surface area contributed by atoms with Gasteiger partial charge in [0.2, 0.25) is 5.91 Å². The second-order valence-corrected chi connectivity index (χ2v) is 5.05. The Morgan fingerprint density at radius 1 is 1.45 bits per heavy atom. The van der Waals surface area contributed by atoms with Crippen molar-refractivity contribution in [1.82, 2.24) is 10.2 Å². The molecule has 1 aliphatic rings. The maximum absolute atomic E-state index is 12.7. The molecule has 1 unspecified atom stereocenters. The number of hydrogen-bond acceptors (Lipinski definition) is 3. The SMILES string of the molecule is CC1CNCCN1C(=O)CCCOc1ccc(F)cc1. The van der Waals surface area contributed by atoms with Gasteiger partial charge in [-0.1, -0.05) is 0 Å². The van der Waals surface area contributed by atoms with Gasteiger partial charge in [0.1, 0.15) is 11.6 Å². The summed E-state index contributed by atoms with van der Waals surface area (Å²) in [5.41, 5.74) is 0. The molecule has 110 valence electrons. The summed E-state index contributed by atoms with van der Waals surface area (Å²) in [6.45, 7) is 5.02. The van der Waals surface area contributed by atoms with E-state index in [4.69, 9.17) is 4.74 Å². The van der Waals surface area contributed by atoms with E-state index in [9.17, 15) is 9.18 Å². The molecular formula is C15H21FN2O2. The minimum Gasteiger partial charge on any atom is -0.494 e. The van der Waals surface area contributed by atoms with E-state index in [1.54, 1.807) is 12.1 Å². The largest absolute Gasteiger partial charge is 0.494 e. The summed E-state index contributed by atoms with van der Waals surface area (Å²) in [5, 5.41) is 3.26. The van der Waals surface area contributed by atoms with Crippen molar-refractivity contribution < 1.29 is 13.9 Å². The number of piperazine rings is 1. The molecule has 20 heavy (non-hydrogen) atoms. The van der Waals surface area contributed by atoms with Gasteiger partial charge in [-0.25, -0.2) is 4.39 Å². The van der Waals surface area contributed by atoms with Crippen molar-refractivity contribution in [3.63, 3.8) is 0 Å². The highest BCUT2D eigenvalue weighted by molar-refractivity contribution is 5.76. The van der Waals surface area contributed by atoms with Crippen LogP contribution >= 0.6 is 0 Å². The van der Waals surface area contributed by atoms with Crippen LogP contribution < -0.4 is 10.1 Å². The Bertz CT molecular complexity index is 436. The van der Waals surface area contributed by atoms with Crippen LogP contribution in [0.3, 0.4) is 0 Å². The minimum absolute atomic E-state index is 0.182. The Morgan fingerprint density at radius 2 is 2.20 bits per heavy atom. The van der Waals surface area contributed by atoms with Gasteiger partial charge in [-0.15, -0.1) is 0 Å². The van der Waals surface area contributed by atoms with E-state index < -0.39 is 0 Å². The smallest absolute Gasteiger partial charge is 0.223 e. The molecule has 0 saturated carbocycles. The van der Waals surface area contributed by atoms with Crippen molar-refractivity contribution in [1.29, 1.82) is 0 Å². The predicted molar refractivity (Wildman–Crippen MR) is 75.2 cm³/mol. The minimum atomic E-state index is -0.278. The number of nitrogens with one attached hydrogen (secondary N) is 1. The van der Waals surface area contributed by atoms with Gasteiger partial charge in [-0.3, -0.25) is 4.79 Å². The van der Waals surface area contributed by atoms with Gasteiger partial charge in [0.25, 0.3) is 0 Å². The fourth-order valence-electron chi connectivity index (χ4n) is 2.30. The number of rotatable bonds is 5. The molecule has 1 fully saturated rings. The maximum Gasteiger partial charge on any atom is 0.223 e. The molecule has 1 amide bonds. The van der Waals surface area contributed by atoms with Crippen molar-refractivity contribution in [3.8, 4) is 5.75 Å². The van der Waals surface area contributed by atoms with Crippen molar-refractivity contribution >= 4 is 5.91 Å².